The molecule has 2 unspecified atom stereocenters. The number of nitrogens with one attached hydrogen (secondary N) is 1. The van der Waals surface area contributed by atoms with E-state index in [2.05, 4.69) is 19.2 Å². The van der Waals surface area contributed by atoms with Crippen molar-refractivity contribution in [3.05, 3.63) is 35.4 Å². The number of hydrogen-bond donors (Lipinski definition) is 1. The first-order valence-electron chi connectivity index (χ1n) is 6.16. The second-order valence-corrected chi connectivity index (χ2v) is 4.76. The number of hydrogen-bond acceptors (Lipinski definition) is 1. The first kappa shape index (κ1) is 14.1. The fourth-order valence-electron chi connectivity index (χ4n) is 2.29. The van der Waals surface area contributed by atoms with Gasteiger partial charge in [0.05, 0.1) is 0 Å². The Balaban J connectivity index is 3.00. The minimum atomic E-state index is -0.770. The molecular formula is C14H21F2N. The molecule has 2 atom stereocenters. The normalized spacial score (nSPS) is 15.0. The highest BCUT2D eigenvalue weighted by atomic mass is 19.2. The van der Waals surface area contributed by atoms with Gasteiger partial charge in [0.15, 0.2) is 11.6 Å². The molecule has 1 aromatic carbocycles. The van der Waals surface area contributed by atoms with Gasteiger partial charge in [-0.3, -0.25) is 0 Å². The molecule has 0 aliphatic rings. The zero-order chi connectivity index (χ0) is 13.0. The van der Waals surface area contributed by atoms with Gasteiger partial charge in [0.25, 0.3) is 0 Å². The molecule has 96 valence electrons. The van der Waals surface area contributed by atoms with Crippen LogP contribution in [0.5, 0.6) is 0 Å². The van der Waals surface area contributed by atoms with Crippen LogP contribution in [-0.2, 0) is 0 Å². The molecule has 0 aliphatic carbocycles. The quantitative estimate of drug-likeness (QED) is 0.828. The lowest BCUT2D eigenvalue weighted by Gasteiger charge is -2.29. The van der Waals surface area contributed by atoms with Crippen molar-refractivity contribution in [2.45, 2.75) is 39.7 Å². The van der Waals surface area contributed by atoms with Crippen LogP contribution in [0.4, 0.5) is 8.78 Å². The van der Waals surface area contributed by atoms with Crippen molar-refractivity contribution in [2.24, 2.45) is 5.92 Å². The predicted octanol–water partition coefficient (Wildman–Crippen LogP) is 3.70. The summed E-state index contributed by atoms with van der Waals surface area (Å²) in [6.45, 7) is 8.95. The van der Waals surface area contributed by atoms with E-state index in [9.17, 15) is 8.78 Å². The van der Waals surface area contributed by atoms with E-state index in [1.807, 2.05) is 13.8 Å². The second kappa shape index (κ2) is 6.10. The maximum Gasteiger partial charge on any atom is 0.162 e. The molecule has 0 aliphatic heterocycles. The first-order valence-corrected chi connectivity index (χ1v) is 6.16. The van der Waals surface area contributed by atoms with Gasteiger partial charge in [0.1, 0.15) is 0 Å². The molecule has 1 aromatic rings. The monoisotopic (exact) mass is 241 g/mol. The summed E-state index contributed by atoms with van der Waals surface area (Å²) in [5.74, 6) is -1.17. The van der Waals surface area contributed by atoms with E-state index in [4.69, 9.17) is 0 Å². The van der Waals surface area contributed by atoms with E-state index < -0.39 is 11.6 Å². The molecule has 0 fully saturated rings. The second-order valence-electron chi connectivity index (χ2n) is 4.76. The van der Waals surface area contributed by atoms with Gasteiger partial charge in [0, 0.05) is 6.04 Å². The molecule has 0 amide bonds. The summed E-state index contributed by atoms with van der Waals surface area (Å²) in [6, 6.07) is 4.53. The van der Waals surface area contributed by atoms with Crippen LogP contribution in [0.1, 0.15) is 39.2 Å². The van der Waals surface area contributed by atoms with Crippen molar-refractivity contribution in [1.29, 1.82) is 0 Å². The topological polar surface area (TPSA) is 12.0 Å². The van der Waals surface area contributed by atoms with Crippen molar-refractivity contribution in [3.8, 4) is 0 Å². The molecule has 0 aromatic heterocycles. The summed E-state index contributed by atoms with van der Waals surface area (Å²) < 4.78 is 26.9. The number of halogens is 2. The maximum atomic E-state index is 13.7. The number of rotatable bonds is 5. The molecule has 3 heteroatoms. The Labute approximate surface area is 102 Å². The van der Waals surface area contributed by atoms with Crippen LogP contribution in [0.25, 0.3) is 0 Å². The van der Waals surface area contributed by atoms with E-state index in [-0.39, 0.29) is 12.0 Å². The Bertz CT molecular complexity index is 363. The third-order valence-electron chi connectivity index (χ3n) is 3.17. The minimum Gasteiger partial charge on any atom is -0.313 e. The van der Waals surface area contributed by atoms with Gasteiger partial charge >= 0.3 is 0 Å². The molecule has 1 N–H and O–H groups in total. The fraction of sp³-hybridized carbons (Fsp3) is 0.571. The SMILES string of the molecule is CCNC(C(C)C)C(C)c1cccc(F)c1F. The van der Waals surface area contributed by atoms with E-state index >= 15 is 0 Å². The van der Waals surface area contributed by atoms with Crippen LogP contribution in [0.15, 0.2) is 18.2 Å². The molecule has 0 heterocycles. The lowest BCUT2D eigenvalue weighted by molar-refractivity contribution is 0.351. The Morgan fingerprint density at radius 3 is 2.35 bits per heavy atom. The van der Waals surface area contributed by atoms with Gasteiger partial charge in [-0.25, -0.2) is 8.78 Å². The summed E-state index contributed by atoms with van der Waals surface area (Å²) >= 11 is 0. The van der Waals surface area contributed by atoms with Crippen LogP contribution in [-0.4, -0.2) is 12.6 Å². The zero-order valence-corrected chi connectivity index (χ0v) is 10.9. The average molecular weight is 241 g/mol. The molecule has 1 nitrogen and oxygen atoms in total. The fourth-order valence-corrected chi connectivity index (χ4v) is 2.29. The molecule has 0 radical (unpaired) electrons. The van der Waals surface area contributed by atoms with Gasteiger partial charge in [-0.05, 0) is 30.0 Å². The van der Waals surface area contributed by atoms with Crippen LogP contribution in [0.2, 0.25) is 0 Å². The lowest BCUT2D eigenvalue weighted by Crippen LogP contribution is -2.38. The molecule has 17 heavy (non-hydrogen) atoms. The Morgan fingerprint density at radius 1 is 1.18 bits per heavy atom. The van der Waals surface area contributed by atoms with Crippen molar-refractivity contribution in [3.63, 3.8) is 0 Å². The standard InChI is InChI=1S/C14H21F2N/c1-5-17-14(9(2)3)10(4)11-7-6-8-12(15)13(11)16/h6-10,14,17H,5H2,1-4H3. The molecule has 0 saturated heterocycles. The molecular weight excluding hydrogens is 220 g/mol. The lowest BCUT2D eigenvalue weighted by atomic mass is 9.86. The maximum absolute atomic E-state index is 13.7. The van der Waals surface area contributed by atoms with Crippen molar-refractivity contribution in [1.82, 2.24) is 5.32 Å². The smallest absolute Gasteiger partial charge is 0.162 e. The van der Waals surface area contributed by atoms with Crippen LogP contribution in [0, 0.1) is 17.6 Å². The minimum absolute atomic E-state index is 0.0503. The summed E-state index contributed by atoms with van der Waals surface area (Å²) in [5.41, 5.74) is 0.449. The summed E-state index contributed by atoms with van der Waals surface area (Å²) in [4.78, 5) is 0. The van der Waals surface area contributed by atoms with Gasteiger partial charge in [-0.15, -0.1) is 0 Å². The highest BCUT2D eigenvalue weighted by molar-refractivity contribution is 5.24. The molecule has 0 spiro atoms. The van der Waals surface area contributed by atoms with E-state index in [1.165, 1.54) is 0 Å². The largest absolute Gasteiger partial charge is 0.313 e. The zero-order valence-electron chi connectivity index (χ0n) is 10.9. The third kappa shape index (κ3) is 3.25. The van der Waals surface area contributed by atoms with Crippen LogP contribution in [0.3, 0.4) is 0 Å². The van der Waals surface area contributed by atoms with Crippen molar-refractivity contribution < 1.29 is 8.78 Å². The van der Waals surface area contributed by atoms with Crippen LogP contribution >= 0.6 is 0 Å². The molecule has 0 saturated carbocycles. The van der Waals surface area contributed by atoms with Gasteiger partial charge in [-0.1, -0.05) is 39.8 Å². The summed E-state index contributed by atoms with van der Waals surface area (Å²) in [7, 11) is 0. The van der Waals surface area contributed by atoms with Gasteiger partial charge in [-0.2, -0.15) is 0 Å². The average Bonchev–Trinajstić information content (AvgIpc) is 2.28. The number of likely N-dealkylation sites (N-methyl/N-ethyl adjacent to an activating group) is 1. The third-order valence-corrected chi connectivity index (χ3v) is 3.17. The van der Waals surface area contributed by atoms with Crippen molar-refractivity contribution >= 4 is 0 Å². The Kier molecular flexibility index (Phi) is 5.06. The van der Waals surface area contributed by atoms with Crippen molar-refractivity contribution in [2.75, 3.05) is 6.54 Å². The highest BCUT2D eigenvalue weighted by Crippen LogP contribution is 2.27. The van der Waals surface area contributed by atoms with Gasteiger partial charge < -0.3 is 5.32 Å². The summed E-state index contributed by atoms with van der Waals surface area (Å²) in [6.07, 6.45) is 0. The Morgan fingerprint density at radius 2 is 1.82 bits per heavy atom. The van der Waals surface area contributed by atoms with Crippen LogP contribution < -0.4 is 5.32 Å². The number of benzene rings is 1. The molecule has 0 bridgehead atoms. The highest BCUT2D eigenvalue weighted by Gasteiger charge is 2.24. The van der Waals surface area contributed by atoms with Gasteiger partial charge in [0.2, 0.25) is 0 Å². The predicted molar refractivity (Wildman–Crippen MR) is 67.1 cm³/mol. The van der Waals surface area contributed by atoms with E-state index in [0.29, 0.717) is 11.5 Å². The van der Waals surface area contributed by atoms with E-state index in [1.54, 1.807) is 12.1 Å². The molecule has 1 rings (SSSR count). The Hall–Kier alpha value is -0.960. The summed E-state index contributed by atoms with van der Waals surface area (Å²) in [5, 5.41) is 3.34. The first-order chi connectivity index (χ1) is 7.99. The van der Waals surface area contributed by atoms with E-state index in [0.717, 1.165) is 12.6 Å².